The Kier molecular flexibility index (Phi) is 3.92. The average Bonchev–Trinajstić information content (AvgIpc) is 2.70. The molecule has 1 aromatic carbocycles. The van der Waals surface area contributed by atoms with E-state index in [1.54, 1.807) is 7.11 Å². The van der Waals surface area contributed by atoms with Gasteiger partial charge in [-0.2, -0.15) is 0 Å². The van der Waals surface area contributed by atoms with Crippen LogP contribution in [0.15, 0.2) is 18.2 Å². The number of likely N-dealkylation sites (tertiary alicyclic amines) is 1. The van der Waals surface area contributed by atoms with Crippen molar-refractivity contribution in [2.24, 2.45) is 11.7 Å². The Labute approximate surface area is 107 Å². The zero-order chi connectivity index (χ0) is 12.4. The summed E-state index contributed by atoms with van der Waals surface area (Å²) in [5.74, 6) is 1.36. The van der Waals surface area contributed by atoms with E-state index in [-0.39, 0.29) is 0 Å². The second kappa shape index (κ2) is 5.25. The van der Waals surface area contributed by atoms with E-state index in [1.807, 2.05) is 12.1 Å². The summed E-state index contributed by atoms with van der Waals surface area (Å²) in [6, 6.07) is 6.28. The first kappa shape index (κ1) is 12.7. The van der Waals surface area contributed by atoms with Crippen LogP contribution in [0.4, 0.5) is 0 Å². The molecule has 0 saturated carbocycles. The number of nitrogens with two attached hydrogens (primary N) is 1. The van der Waals surface area contributed by atoms with E-state index in [4.69, 9.17) is 22.1 Å². The molecule has 1 fully saturated rings. The van der Waals surface area contributed by atoms with Crippen molar-refractivity contribution in [3.8, 4) is 5.75 Å². The third kappa shape index (κ3) is 2.41. The summed E-state index contributed by atoms with van der Waals surface area (Å²) in [6.45, 7) is 1.78. The normalized spacial score (nSPS) is 25.2. The van der Waals surface area contributed by atoms with Gasteiger partial charge < -0.3 is 10.5 Å². The van der Waals surface area contributed by atoms with Crippen LogP contribution in [0.2, 0.25) is 5.02 Å². The van der Waals surface area contributed by atoms with Gasteiger partial charge in [0.05, 0.1) is 12.1 Å². The number of methoxy groups -OCH3 is 1. The molecule has 2 N–H and O–H groups in total. The fraction of sp³-hybridized carbons (Fsp3) is 0.538. The minimum atomic E-state index is 0.359. The Balaban J connectivity index is 2.31. The van der Waals surface area contributed by atoms with E-state index < -0.39 is 0 Å². The highest BCUT2D eigenvalue weighted by molar-refractivity contribution is 6.32. The summed E-state index contributed by atoms with van der Waals surface area (Å²) in [7, 11) is 3.79. The topological polar surface area (TPSA) is 38.5 Å². The highest BCUT2D eigenvalue weighted by atomic mass is 35.5. The van der Waals surface area contributed by atoms with Gasteiger partial charge in [-0.1, -0.05) is 23.7 Å². The quantitative estimate of drug-likeness (QED) is 0.900. The van der Waals surface area contributed by atoms with Crippen molar-refractivity contribution in [2.75, 3.05) is 27.2 Å². The van der Waals surface area contributed by atoms with Gasteiger partial charge in [-0.15, -0.1) is 0 Å². The van der Waals surface area contributed by atoms with Crippen molar-refractivity contribution >= 4 is 11.6 Å². The lowest BCUT2D eigenvalue weighted by molar-refractivity contribution is 0.303. The summed E-state index contributed by atoms with van der Waals surface area (Å²) >= 11 is 6.16. The standard InChI is InChI=1S/C13H19ClN2O/c1-16-8-9(7-15)6-12(16)10-4-3-5-11(14)13(10)17-2/h3-5,9,12H,6-8,15H2,1-2H3. The highest BCUT2D eigenvalue weighted by Crippen LogP contribution is 2.40. The van der Waals surface area contributed by atoms with E-state index >= 15 is 0 Å². The monoisotopic (exact) mass is 254 g/mol. The lowest BCUT2D eigenvalue weighted by atomic mass is 9.99. The molecule has 0 bridgehead atoms. The van der Waals surface area contributed by atoms with Crippen LogP contribution >= 0.6 is 11.6 Å². The highest BCUT2D eigenvalue weighted by Gasteiger charge is 2.31. The van der Waals surface area contributed by atoms with Crippen LogP contribution in [0.3, 0.4) is 0 Å². The maximum absolute atomic E-state index is 6.16. The third-order valence-corrected chi connectivity index (χ3v) is 3.83. The molecule has 2 atom stereocenters. The maximum Gasteiger partial charge on any atom is 0.142 e. The number of nitrogens with zero attached hydrogens (tertiary/aromatic N) is 1. The number of halogens is 1. The molecule has 2 rings (SSSR count). The van der Waals surface area contributed by atoms with Crippen molar-refractivity contribution in [1.29, 1.82) is 0 Å². The predicted octanol–water partition coefficient (Wildman–Crippen LogP) is 2.30. The summed E-state index contributed by atoms with van der Waals surface area (Å²) in [5, 5.41) is 0.676. The smallest absolute Gasteiger partial charge is 0.142 e. The van der Waals surface area contributed by atoms with Gasteiger partial charge in [0.2, 0.25) is 0 Å². The fourth-order valence-electron chi connectivity index (χ4n) is 2.64. The van der Waals surface area contributed by atoms with Crippen molar-refractivity contribution < 1.29 is 4.74 Å². The molecule has 94 valence electrons. The van der Waals surface area contributed by atoms with Gasteiger partial charge in [-0.3, -0.25) is 4.90 Å². The minimum absolute atomic E-state index is 0.359. The second-order valence-electron chi connectivity index (χ2n) is 4.66. The van der Waals surface area contributed by atoms with Crippen LogP contribution in [0.1, 0.15) is 18.0 Å². The molecule has 0 aromatic heterocycles. The number of rotatable bonds is 3. The van der Waals surface area contributed by atoms with Gasteiger partial charge in [0, 0.05) is 18.2 Å². The van der Waals surface area contributed by atoms with Crippen LogP contribution < -0.4 is 10.5 Å². The molecule has 1 aliphatic rings. The second-order valence-corrected chi connectivity index (χ2v) is 5.06. The van der Waals surface area contributed by atoms with Crippen molar-refractivity contribution in [3.63, 3.8) is 0 Å². The van der Waals surface area contributed by atoms with Gasteiger partial charge in [-0.05, 0) is 32.0 Å². The minimum Gasteiger partial charge on any atom is -0.495 e. The van der Waals surface area contributed by atoms with Crippen LogP contribution in [0, 0.1) is 5.92 Å². The van der Waals surface area contributed by atoms with Crippen molar-refractivity contribution in [1.82, 2.24) is 4.90 Å². The Morgan fingerprint density at radius 2 is 2.29 bits per heavy atom. The fourth-order valence-corrected chi connectivity index (χ4v) is 2.90. The van der Waals surface area contributed by atoms with Gasteiger partial charge in [0.15, 0.2) is 0 Å². The van der Waals surface area contributed by atoms with Gasteiger partial charge in [0.25, 0.3) is 0 Å². The lowest BCUT2D eigenvalue weighted by Gasteiger charge is -2.22. The number of hydrogen-bond acceptors (Lipinski definition) is 3. The van der Waals surface area contributed by atoms with Gasteiger partial charge in [0.1, 0.15) is 5.75 Å². The van der Waals surface area contributed by atoms with E-state index in [0.29, 0.717) is 17.0 Å². The summed E-state index contributed by atoms with van der Waals surface area (Å²) in [4.78, 5) is 2.33. The van der Waals surface area contributed by atoms with Crippen molar-refractivity contribution in [2.45, 2.75) is 12.5 Å². The molecular weight excluding hydrogens is 236 g/mol. The zero-order valence-electron chi connectivity index (χ0n) is 10.3. The molecule has 17 heavy (non-hydrogen) atoms. The Morgan fingerprint density at radius 3 is 2.88 bits per heavy atom. The zero-order valence-corrected chi connectivity index (χ0v) is 11.1. The maximum atomic E-state index is 6.16. The molecule has 0 radical (unpaired) electrons. The largest absolute Gasteiger partial charge is 0.495 e. The Hall–Kier alpha value is -0.770. The summed E-state index contributed by atoms with van der Waals surface area (Å²) in [6.07, 6.45) is 1.07. The molecule has 1 saturated heterocycles. The first-order valence-corrected chi connectivity index (χ1v) is 6.27. The van der Waals surface area contributed by atoms with Crippen LogP contribution in [-0.2, 0) is 0 Å². The average molecular weight is 255 g/mol. The molecule has 4 heteroatoms. The predicted molar refractivity (Wildman–Crippen MR) is 70.5 cm³/mol. The number of ether oxygens (including phenoxy) is 1. The van der Waals surface area contributed by atoms with Crippen molar-refractivity contribution in [3.05, 3.63) is 28.8 Å². The molecule has 0 aliphatic carbocycles. The molecular formula is C13H19ClN2O. The first-order valence-electron chi connectivity index (χ1n) is 5.90. The van der Waals surface area contributed by atoms with Gasteiger partial charge >= 0.3 is 0 Å². The molecule has 1 heterocycles. The summed E-state index contributed by atoms with van der Waals surface area (Å²) in [5.41, 5.74) is 6.92. The van der Waals surface area contributed by atoms with E-state index in [2.05, 4.69) is 18.0 Å². The molecule has 3 nitrogen and oxygen atoms in total. The number of para-hydroxylation sites is 1. The van der Waals surface area contributed by atoms with Gasteiger partial charge in [-0.25, -0.2) is 0 Å². The van der Waals surface area contributed by atoms with Crippen LogP contribution in [-0.4, -0.2) is 32.1 Å². The molecule has 1 aromatic rings. The van der Waals surface area contributed by atoms with Crippen LogP contribution in [0.25, 0.3) is 0 Å². The Bertz CT molecular complexity index is 397. The van der Waals surface area contributed by atoms with E-state index in [1.165, 1.54) is 5.56 Å². The number of hydrogen-bond donors (Lipinski definition) is 1. The first-order chi connectivity index (χ1) is 8.17. The third-order valence-electron chi connectivity index (χ3n) is 3.53. The molecule has 0 amide bonds. The Morgan fingerprint density at radius 1 is 1.53 bits per heavy atom. The molecule has 1 aliphatic heterocycles. The number of benzene rings is 1. The molecule has 0 spiro atoms. The van der Waals surface area contributed by atoms with E-state index in [0.717, 1.165) is 25.3 Å². The SMILES string of the molecule is COc1c(Cl)cccc1C1CC(CN)CN1C. The lowest BCUT2D eigenvalue weighted by Crippen LogP contribution is -2.20. The molecule has 2 unspecified atom stereocenters. The summed E-state index contributed by atoms with van der Waals surface area (Å²) < 4.78 is 5.42. The van der Waals surface area contributed by atoms with E-state index in [9.17, 15) is 0 Å². The van der Waals surface area contributed by atoms with Crippen LogP contribution in [0.5, 0.6) is 5.75 Å².